The van der Waals surface area contributed by atoms with Gasteiger partial charge in [0.25, 0.3) is 0 Å². The molecule has 0 radical (unpaired) electrons. The van der Waals surface area contributed by atoms with Crippen LogP contribution < -0.4 is 0 Å². The van der Waals surface area contributed by atoms with Gasteiger partial charge in [0.1, 0.15) is 0 Å². The Kier molecular flexibility index (Phi) is 4.18. The van der Waals surface area contributed by atoms with Crippen LogP contribution in [0, 0.1) is 0 Å². The quantitative estimate of drug-likeness (QED) is 0.520. The van der Waals surface area contributed by atoms with Gasteiger partial charge < -0.3 is 9.30 Å². The topological polar surface area (TPSA) is 39.9 Å². The van der Waals surface area contributed by atoms with Gasteiger partial charge in [0.2, 0.25) is 0 Å². The van der Waals surface area contributed by atoms with E-state index in [1.54, 1.807) is 0 Å². The molecular weight excluding hydrogens is 334 g/mol. The average Bonchev–Trinajstić information content (AvgIpc) is 3.39. The lowest BCUT2D eigenvalue weighted by Gasteiger charge is -2.16. The largest absolute Gasteiger partial charge is 0.376 e. The molecule has 5 rings (SSSR count). The summed E-state index contributed by atoms with van der Waals surface area (Å²) in [6, 6.07) is 18.9. The van der Waals surface area contributed by atoms with Crippen molar-refractivity contribution in [3.05, 3.63) is 73.3 Å². The molecule has 2 aromatic heterocycles. The smallest absolute Gasteiger partial charge is 0.0963 e. The Hall–Kier alpha value is -2.98. The molecule has 4 aromatic rings. The van der Waals surface area contributed by atoms with E-state index < -0.39 is 0 Å². The van der Waals surface area contributed by atoms with Crippen molar-refractivity contribution in [2.24, 2.45) is 0 Å². The Morgan fingerprint density at radius 3 is 2.81 bits per heavy atom. The third kappa shape index (κ3) is 3.02. The molecule has 0 unspecified atom stereocenters. The van der Waals surface area contributed by atoms with Gasteiger partial charge in [0.05, 0.1) is 30.4 Å². The molecule has 4 nitrogen and oxygen atoms in total. The van der Waals surface area contributed by atoms with E-state index in [1.165, 1.54) is 10.9 Å². The summed E-state index contributed by atoms with van der Waals surface area (Å²) < 4.78 is 8.15. The summed E-state index contributed by atoms with van der Waals surface area (Å²) in [5.74, 6) is 0. The molecule has 0 aliphatic carbocycles. The Balaban J connectivity index is 1.71. The predicted octanol–water partition coefficient (Wildman–Crippen LogP) is 4.94. The van der Waals surface area contributed by atoms with Gasteiger partial charge in [-0.05, 0) is 24.3 Å². The number of fused-ring (bicyclic) bond motifs is 1. The molecule has 0 amide bonds. The predicted molar refractivity (Wildman–Crippen MR) is 107 cm³/mol. The van der Waals surface area contributed by atoms with Gasteiger partial charge in [-0.1, -0.05) is 48.5 Å². The number of ether oxygens (including phenoxy) is 1. The van der Waals surface area contributed by atoms with E-state index in [0.29, 0.717) is 0 Å². The average molecular weight is 355 g/mol. The molecule has 3 heterocycles. The Morgan fingerprint density at radius 2 is 1.96 bits per heavy atom. The van der Waals surface area contributed by atoms with Gasteiger partial charge in [-0.3, -0.25) is 4.98 Å². The zero-order chi connectivity index (χ0) is 18.1. The molecule has 1 saturated heterocycles. The van der Waals surface area contributed by atoms with Crippen molar-refractivity contribution in [3.63, 3.8) is 0 Å². The van der Waals surface area contributed by atoms with Gasteiger partial charge in [-0.25, -0.2) is 4.98 Å². The maximum atomic E-state index is 5.89. The molecule has 0 saturated carbocycles. The van der Waals surface area contributed by atoms with Crippen LogP contribution in [0.1, 0.15) is 12.8 Å². The van der Waals surface area contributed by atoms with Gasteiger partial charge >= 0.3 is 0 Å². The molecule has 1 fully saturated rings. The van der Waals surface area contributed by atoms with Gasteiger partial charge in [0, 0.05) is 35.5 Å². The van der Waals surface area contributed by atoms with Crippen LogP contribution in [0.15, 0.2) is 73.3 Å². The minimum atomic E-state index is 0.262. The van der Waals surface area contributed by atoms with Crippen molar-refractivity contribution in [1.82, 2.24) is 14.5 Å². The summed E-state index contributed by atoms with van der Waals surface area (Å²) >= 11 is 0. The van der Waals surface area contributed by atoms with Crippen LogP contribution in [0.5, 0.6) is 0 Å². The zero-order valence-corrected chi connectivity index (χ0v) is 15.1. The fourth-order valence-electron chi connectivity index (χ4n) is 3.95. The van der Waals surface area contributed by atoms with E-state index in [1.807, 2.05) is 24.8 Å². The number of imidazole rings is 1. The third-order valence-corrected chi connectivity index (χ3v) is 5.25. The van der Waals surface area contributed by atoms with E-state index in [0.717, 1.165) is 48.3 Å². The summed E-state index contributed by atoms with van der Waals surface area (Å²) in [7, 11) is 0. The number of benzene rings is 2. The standard InChI is InChI=1S/C23H21N3O/c1-2-6-17(7-3-1)22-23(26(16-25-22)15-19-9-5-13-27-19)21-10-4-8-18-14-24-12-11-20(18)21/h1-4,6-8,10-12,14,16,19H,5,9,13,15H2/t19-/m0/s1. The molecule has 4 heteroatoms. The highest BCUT2D eigenvalue weighted by Crippen LogP contribution is 2.36. The summed E-state index contributed by atoms with van der Waals surface area (Å²) in [6.45, 7) is 1.69. The number of nitrogens with zero attached hydrogens (tertiary/aromatic N) is 3. The first kappa shape index (κ1) is 16.2. The summed E-state index contributed by atoms with van der Waals surface area (Å²) in [5.41, 5.74) is 4.47. The first-order valence-corrected chi connectivity index (χ1v) is 9.45. The van der Waals surface area contributed by atoms with E-state index in [9.17, 15) is 0 Å². The lowest BCUT2D eigenvalue weighted by atomic mass is 9.99. The number of aromatic nitrogens is 3. The molecule has 1 aliphatic heterocycles. The lowest BCUT2D eigenvalue weighted by Crippen LogP contribution is -2.15. The van der Waals surface area contributed by atoms with E-state index in [-0.39, 0.29) is 6.10 Å². The second-order valence-electron chi connectivity index (χ2n) is 7.00. The SMILES string of the molecule is c1ccc(-c2ncn(C[C@@H]3CCCO3)c2-c2cccc3cnccc23)cc1. The van der Waals surface area contributed by atoms with Crippen LogP contribution in [0.3, 0.4) is 0 Å². The highest BCUT2D eigenvalue weighted by molar-refractivity contribution is 5.98. The molecule has 1 atom stereocenters. The second-order valence-corrected chi connectivity index (χ2v) is 7.00. The van der Waals surface area contributed by atoms with Crippen LogP contribution in [-0.4, -0.2) is 27.2 Å². The van der Waals surface area contributed by atoms with Crippen LogP contribution in [0.2, 0.25) is 0 Å². The van der Waals surface area contributed by atoms with Gasteiger partial charge in [0.15, 0.2) is 0 Å². The number of pyridine rings is 1. The molecule has 134 valence electrons. The van der Waals surface area contributed by atoms with Crippen molar-refractivity contribution in [1.29, 1.82) is 0 Å². The fraction of sp³-hybridized carbons (Fsp3) is 0.217. The molecule has 0 bridgehead atoms. The monoisotopic (exact) mass is 355 g/mol. The Morgan fingerprint density at radius 1 is 1.04 bits per heavy atom. The van der Waals surface area contributed by atoms with Crippen molar-refractivity contribution in [3.8, 4) is 22.5 Å². The van der Waals surface area contributed by atoms with Crippen molar-refractivity contribution in [2.75, 3.05) is 6.61 Å². The summed E-state index contributed by atoms with van der Waals surface area (Å²) in [6.07, 6.45) is 8.24. The first-order chi connectivity index (χ1) is 13.4. The van der Waals surface area contributed by atoms with Crippen LogP contribution in [0.25, 0.3) is 33.3 Å². The van der Waals surface area contributed by atoms with Crippen molar-refractivity contribution >= 4 is 10.8 Å². The minimum Gasteiger partial charge on any atom is -0.376 e. The highest BCUT2D eigenvalue weighted by Gasteiger charge is 2.21. The summed E-state index contributed by atoms with van der Waals surface area (Å²) in [5, 5.41) is 2.33. The van der Waals surface area contributed by atoms with Crippen molar-refractivity contribution < 1.29 is 4.74 Å². The molecule has 0 spiro atoms. The van der Waals surface area contributed by atoms with E-state index >= 15 is 0 Å². The molecule has 27 heavy (non-hydrogen) atoms. The maximum absolute atomic E-state index is 5.89. The van der Waals surface area contributed by atoms with Crippen molar-refractivity contribution in [2.45, 2.75) is 25.5 Å². The number of hydrogen-bond donors (Lipinski definition) is 0. The highest BCUT2D eigenvalue weighted by atomic mass is 16.5. The first-order valence-electron chi connectivity index (χ1n) is 9.45. The van der Waals surface area contributed by atoms with E-state index in [4.69, 9.17) is 9.72 Å². The fourth-order valence-corrected chi connectivity index (χ4v) is 3.95. The minimum absolute atomic E-state index is 0.262. The van der Waals surface area contributed by atoms with Crippen LogP contribution in [-0.2, 0) is 11.3 Å². The third-order valence-electron chi connectivity index (χ3n) is 5.25. The van der Waals surface area contributed by atoms with E-state index in [2.05, 4.69) is 58.1 Å². The molecule has 1 aliphatic rings. The zero-order valence-electron chi connectivity index (χ0n) is 15.1. The second kappa shape index (κ2) is 6.97. The molecular formula is C23H21N3O. The normalized spacial score (nSPS) is 16.8. The molecule has 0 N–H and O–H groups in total. The van der Waals surface area contributed by atoms with Crippen LogP contribution in [0.4, 0.5) is 0 Å². The van der Waals surface area contributed by atoms with Gasteiger partial charge in [-0.15, -0.1) is 0 Å². The maximum Gasteiger partial charge on any atom is 0.0963 e. The van der Waals surface area contributed by atoms with Gasteiger partial charge in [-0.2, -0.15) is 0 Å². The summed E-state index contributed by atoms with van der Waals surface area (Å²) in [4.78, 5) is 9.08. The Labute approximate surface area is 158 Å². The Bertz CT molecular complexity index is 1060. The molecule has 2 aromatic carbocycles. The van der Waals surface area contributed by atoms with Crippen LogP contribution >= 0.6 is 0 Å². The number of rotatable bonds is 4. The lowest BCUT2D eigenvalue weighted by molar-refractivity contribution is 0.0973. The number of hydrogen-bond acceptors (Lipinski definition) is 3.